The van der Waals surface area contributed by atoms with Crippen LogP contribution in [-0.2, 0) is 0 Å². The van der Waals surface area contributed by atoms with E-state index < -0.39 is 0 Å². The van der Waals surface area contributed by atoms with E-state index >= 15 is 0 Å². The first kappa shape index (κ1) is 12.2. The number of amides is 1. The summed E-state index contributed by atoms with van der Waals surface area (Å²) in [5, 5.41) is 9.16. The number of rotatable bonds is 2. The van der Waals surface area contributed by atoms with Gasteiger partial charge in [0.2, 0.25) is 0 Å². The van der Waals surface area contributed by atoms with Gasteiger partial charge in [-0.15, -0.1) is 11.3 Å². The zero-order chi connectivity index (χ0) is 11.7. The highest BCUT2D eigenvalue weighted by molar-refractivity contribution is 7.20. The van der Waals surface area contributed by atoms with E-state index in [2.05, 4.69) is 0 Å². The minimum Gasteiger partial charge on any atom is -0.394 e. The Balaban J connectivity index is 2.21. The number of nitrogens with zero attached hydrogens (tertiary/aromatic N) is 1. The summed E-state index contributed by atoms with van der Waals surface area (Å²) in [5.74, 6) is -0.135. The number of carbonyl (C=O) groups excluding carboxylic acids is 1. The van der Waals surface area contributed by atoms with Crippen molar-refractivity contribution in [2.24, 2.45) is 0 Å². The Labute approximate surface area is 108 Å². The Morgan fingerprint density at radius 3 is 2.94 bits per heavy atom. The predicted molar refractivity (Wildman–Crippen MR) is 65.5 cm³/mol. The van der Waals surface area contributed by atoms with Crippen molar-refractivity contribution >= 4 is 40.4 Å². The number of thiophene rings is 1. The molecule has 0 saturated carbocycles. The molecule has 0 radical (unpaired) electrons. The Kier molecular flexibility index (Phi) is 3.74. The van der Waals surface area contributed by atoms with Crippen LogP contribution in [0.5, 0.6) is 0 Å². The lowest BCUT2D eigenvalue weighted by Crippen LogP contribution is -2.37. The summed E-state index contributed by atoms with van der Waals surface area (Å²) in [6, 6.07) is 1.51. The van der Waals surface area contributed by atoms with Gasteiger partial charge >= 0.3 is 0 Å². The second-order valence-electron chi connectivity index (χ2n) is 3.72. The monoisotopic (exact) mass is 279 g/mol. The molecule has 6 heteroatoms. The lowest BCUT2D eigenvalue weighted by atomic mass is 10.2. The van der Waals surface area contributed by atoms with Gasteiger partial charge in [-0.25, -0.2) is 0 Å². The molecule has 2 rings (SSSR count). The standard InChI is InChI=1S/C10H11Cl2NO2S/c11-8-4-7(9(12)16-8)10(15)13-3-1-2-6(13)5-14/h4,6,14H,1-3,5H2. The summed E-state index contributed by atoms with van der Waals surface area (Å²) in [4.78, 5) is 13.8. The maximum Gasteiger partial charge on any atom is 0.256 e. The van der Waals surface area contributed by atoms with E-state index in [0.29, 0.717) is 20.8 Å². The van der Waals surface area contributed by atoms with Gasteiger partial charge in [-0.3, -0.25) is 4.79 Å². The smallest absolute Gasteiger partial charge is 0.256 e. The normalized spacial score (nSPS) is 20.4. The van der Waals surface area contributed by atoms with Crippen LogP contribution < -0.4 is 0 Å². The molecule has 1 saturated heterocycles. The first-order valence-electron chi connectivity index (χ1n) is 5.00. The lowest BCUT2D eigenvalue weighted by Gasteiger charge is -2.22. The van der Waals surface area contributed by atoms with Crippen LogP contribution in [0.1, 0.15) is 23.2 Å². The topological polar surface area (TPSA) is 40.5 Å². The number of aliphatic hydroxyl groups is 1. The van der Waals surface area contributed by atoms with Crippen LogP contribution in [0.4, 0.5) is 0 Å². The van der Waals surface area contributed by atoms with Gasteiger partial charge in [0.15, 0.2) is 0 Å². The maximum atomic E-state index is 12.1. The summed E-state index contributed by atoms with van der Waals surface area (Å²) >= 11 is 12.9. The molecule has 2 heterocycles. The van der Waals surface area contributed by atoms with Crippen molar-refractivity contribution in [3.8, 4) is 0 Å². The van der Waals surface area contributed by atoms with Gasteiger partial charge in [-0.05, 0) is 18.9 Å². The van der Waals surface area contributed by atoms with Gasteiger partial charge in [0.05, 0.1) is 22.5 Å². The molecule has 1 aliphatic rings. The van der Waals surface area contributed by atoms with Crippen molar-refractivity contribution in [2.75, 3.05) is 13.2 Å². The van der Waals surface area contributed by atoms with E-state index in [4.69, 9.17) is 28.3 Å². The third kappa shape index (κ3) is 2.20. The molecule has 3 nitrogen and oxygen atoms in total. The van der Waals surface area contributed by atoms with Gasteiger partial charge < -0.3 is 10.0 Å². The molecule has 1 unspecified atom stereocenters. The van der Waals surface area contributed by atoms with Crippen LogP contribution >= 0.6 is 34.5 Å². The zero-order valence-corrected chi connectivity index (χ0v) is 10.8. The average Bonchev–Trinajstić information content (AvgIpc) is 2.83. The fourth-order valence-corrected chi connectivity index (χ4v) is 3.38. The van der Waals surface area contributed by atoms with Gasteiger partial charge in [0.1, 0.15) is 4.34 Å². The molecule has 0 aromatic carbocycles. The molecule has 1 aliphatic heterocycles. The molecule has 1 aromatic heterocycles. The Bertz CT molecular complexity index is 408. The van der Waals surface area contributed by atoms with Crippen molar-refractivity contribution in [3.05, 3.63) is 20.3 Å². The fourth-order valence-electron chi connectivity index (χ4n) is 1.93. The average molecular weight is 280 g/mol. The van der Waals surface area contributed by atoms with E-state index in [1.807, 2.05) is 0 Å². The predicted octanol–water partition coefficient (Wildman–Crippen LogP) is 2.65. The Morgan fingerprint density at radius 2 is 2.38 bits per heavy atom. The summed E-state index contributed by atoms with van der Waals surface area (Å²) in [6.07, 6.45) is 1.77. The summed E-state index contributed by atoms with van der Waals surface area (Å²) in [5.41, 5.74) is 0.442. The van der Waals surface area contributed by atoms with E-state index in [9.17, 15) is 4.79 Å². The number of aliphatic hydroxyl groups excluding tert-OH is 1. The summed E-state index contributed by atoms with van der Waals surface area (Å²) < 4.78 is 0.923. The molecule has 1 N–H and O–H groups in total. The van der Waals surface area contributed by atoms with Crippen molar-refractivity contribution in [1.29, 1.82) is 0 Å². The highest BCUT2D eigenvalue weighted by atomic mass is 35.5. The largest absolute Gasteiger partial charge is 0.394 e. The molecule has 1 aromatic rings. The molecule has 0 spiro atoms. The molecule has 0 aliphatic carbocycles. The van der Waals surface area contributed by atoms with Crippen LogP contribution in [0.15, 0.2) is 6.07 Å². The van der Waals surface area contributed by atoms with Crippen LogP contribution in [0.3, 0.4) is 0 Å². The molecule has 88 valence electrons. The molecule has 16 heavy (non-hydrogen) atoms. The van der Waals surface area contributed by atoms with Gasteiger partial charge in [0.25, 0.3) is 5.91 Å². The number of hydrogen-bond acceptors (Lipinski definition) is 3. The maximum absolute atomic E-state index is 12.1. The van der Waals surface area contributed by atoms with Crippen molar-refractivity contribution < 1.29 is 9.90 Å². The van der Waals surface area contributed by atoms with Crippen molar-refractivity contribution in [3.63, 3.8) is 0 Å². The van der Waals surface area contributed by atoms with Crippen molar-refractivity contribution in [1.82, 2.24) is 4.90 Å². The molecule has 1 atom stereocenters. The van der Waals surface area contributed by atoms with E-state index in [-0.39, 0.29) is 18.6 Å². The quantitative estimate of drug-likeness (QED) is 0.904. The second-order valence-corrected chi connectivity index (χ2v) is 6.00. The van der Waals surface area contributed by atoms with Crippen LogP contribution in [-0.4, -0.2) is 35.1 Å². The van der Waals surface area contributed by atoms with Gasteiger partial charge in [-0.1, -0.05) is 23.2 Å². The van der Waals surface area contributed by atoms with Crippen LogP contribution in [0.25, 0.3) is 0 Å². The summed E-state index contributed by atoms with van der Waals surface area (Å²) in [6.45, 7) is 0.676. The molecule has 0 bridgehead atoms. The number of carbonyl (C=O) groups is 1. The van der Waals surface area contributed by atoms with Gasteiger partial charge in [-0.2, -0.15) is 0 Å². The fraction of sp³-hybridized carbons (Fsp3) is 0.500. The van der Waals surface area contributed by atoms with E-state index in [0.717, 1.165) is 12.8 Å². The molecule has 1 fully saturated rings. The second kappa shape index (κ2) is 4.92. The SMILES string of the molecule is O=C(c1cc(Cl)sc1Cl)N1CCCC1CO. The van der Waals surface area contributed by atoms with E-state index in [1.54, 1.807) is 11.0 Å². The Hall–Kier alpha value is -0.290. The highest BCUT2D eigenvalue weighted by Gasteiger charge is 2.30. The summed E-state index contributed by atoms with van der Waals surface area (Å²) in [7, 11) is 0. The number of likely N-dealkylation sites (tertiary alicyclic amines) is 1. The molecular weight excluding hydrogens is 269 g/mol. The Morgan fingerprint density at radius 1 is 1.62 bits per heavy atom. The minimum absolute atomic E-state index is 0.00122. The highest BCUT2D eigenvalue weighted by Crippen LogP contribution is 2.33. The van der Waals surface area contributed by atoms with Crippen molar-refractivity contribution in [2.45, 2.75) is 18.9 Å². The molecule has 1 amide bonds. The third-order valence-electron chi connectivity index (χ3n) is 2.74. The minimum atomic E-state index is -0.135. The van der Waals surface area contributed by atoms with Crippen LogP contribution in [0.2, 0.25) is 8.67 Å². The zero-order valence-electron chi connectivity index (χ0n) is 8.45. The lowest BCUT2D eigenvalue weighted by molar-refractivity contribution is 0.0678. The number of halogens is 2. The van der Waals surface area contributed by atoms with Crippen LogP contribution in [0, 0.1) is 0 Å². The molecular formula is C10H11Cl2NO2S. The number of hydrogen-bond donors (Lipinski definition) is 1. The van der Waals surface area contributed by atoms with E-state index in [1.165, 1.54) is 11.3 Å². The third-order valence-corrected chi connectivity index (χ3v) is 4.22. The van der Waals surface area contributed by atoms with Gasteiger partial charge in [0, 0.05) is 6.54 Å². The first-order valence-corrected chi connectivity index (χ1v) is 6.57. The first-order chi connectivity index (χ1) is 7.63.